The largest absolute Gasteiger partial charge is 0.327 e. The van der Waals surface area contributed by atoms with Crippen LogP contribution in [0, 0.1) is 11.3 Å². The summed E-state index contributed by atoms with van der Waals surface area (Å²) in [6.45, 7) is 8.65. The molecule has 1 aliphatic carbocycles. The number of hydrogen-bond donors (Lipinski definition) is 1. The van der Waals surface area contributed by atoms with Crippen LogP contribution in [0.4, 0.5) is 0 Å². The van der Waals surface area contributed by atoms with Gasteiger partial charge in [-0.2, -0.15) is 0 Å². The zero-order valence-corrected chi connectivity index (χ0v) is 11.8. The number of hydrogen-bond acceptors (Lipinski definition) is 2. The Morgan fingerprint density at radius 1 is 1.06 bits per heavy atom. The Bertz CT molecular complexity index is 227. The molecule has 0 spiro atoms. The standard InChI is InChI=1S/C15H30N2/c1-15(2)8-10-17(11-9-15)12-13-6-4-3-5-7-14(13)16/h13-14H,3-12,16H2,1-2H3. The van der Waals surface area contributed by atoms with Crippen LogP contribution in [0.5, 0.6) is 0 Å². The van der Waals surface area contributed by atoms with Crippen LogP contribution in [0.15, 0.2) is 0 Å². The average molecular weight is 238 g/mol. The molecule has 2 rings (SSSR count). The smallest absolute Gasteiger partial charge is 0.00793 e. The van der Waals surface area contributed by atoms with Gasteiger partial charge >= 0.3 is 0 Å². The lowest BCUT2D eigenvalue weighted by atomic mass is 9.82. The van der Waals surface area contributed by atoms with Crippen LogP contribution in [0.25, 0.3) is 0 Å². The summed E-state index contributed by atoms with van der Waals surface area (Å²) in [6, 6.07) is 0.465. The number of piperidine rings is 1. The van der Waals surface area contributed by atoms with Crippen molar-refractivity contribution < 1.29 is 0 Å². The van der Waals surface area contributed by atoms with E-state index in [-0.39, 0.29) is 0 Å². The van der Waals surface area contributed by atoms with Gasteiger partial charge in [0.2, 0.25) is 0 Å². The van der Waals surface area contributed by atoms with E-state index in [2.05, 4.69) is 18.7 Å². The second kappa shape index (κ2) is 5.71. The van der Waals surface area contributed by atoms with Crippen LogP contribution in [-0.4, -0.2) is 30.6 Å². The molecule has 2 fully saturated rings. The lowest BCUT2D eigenvalue weighted by Gasteiger charge is -2.39. The Balaban J connectivity index is 1.80. The van der Waals surface area contributed by atoms with Crippen LogP contribution in [0.1, 0.15) is 58.8 Å². The SMILES string of the molecule is CC1(C)CCN(CC2CCCCCC2N)CC1. The minimum atomic E-state index is 0.465. The molecular formula is C15H30N2. The van der Waals surface area contributed by atoms with Gasteiger partial charge in [0.15, 0.2) is 0 Å². The van der Waals surface area contributed by atoms with E-state index < -0.39 is 0 Å². The van der Waals surface area contributed by atoms with Gasteiger partial charge < -0.3 is 10.6 Å². The molecule has 1 saturated carbocycles. The van der Waals surface area contributed by atoms with E-state index in [0.29, 0.717) is 11.5 Å². The first-order chi connectivity index (χ1) is 8.07. The molecular weight excluding hydrogens is 208 g/mol. The third kappa shape index (κ3) is 3.96. The topological polar surface area (TPSA) is 29.3 Å². The monoisotopic (exact) mass is 238 g/mol. The summed E-state index contributed by atoms with van der Waals surface area (Å²) in [7, 11) is 0. The molecule has 0 amide bonds. The van der Waals surface area contributed by atoms with Crippen molar-refractivity contribution in [2.75, 3.05) is 19.6 Å². The Hall–Kier alpha value is -0.0800. The highest BCUT2D eigenvalue weighted by Gasteiger charge is 2.28. The fraction of sp³-hybridized carbons (Fsp3) is 1.00. The van der Waals surface area contributed by atoms with Crippen LogP contribution in [-0.2, 0) is 0 Å². The molecule has 2 N–H and O–H groups in total. The molecule has 1 heterocycles. The van der Waals surface area contributed by atoms with Crippen molar-refractivity contribution in [1.82, 2.24) is 4.90 Å². The van der Waals surface area contributed by atoms with Gasteiger partial charge in [0.25, 0.3) is 0 Å². The maximum atomic E-state index is 6.32. The van der Waals surface area contributed by atoms with Gasteiger partial charge in [0.05, 0.1) is 0 Å². The zero-order chi connectivity index (χ0) is 12.3. The fourth-order valence-corrected chi connectivity index (χ4v) is 3.31. The Kier molecular flexibility index (Phi) is 4.48. The van der Waals surface area contributed by atoms with Crippen molar-refractivity contribution in [3.8, 4) is 0 Å². The van der Waals surface area contributed by atoms with Crippen molar-refractivity contribution in [3.63, 3.8) is 0 Å². The summed E-state index contributed by atoms with van der Waals surface area (Å²) in [5, 5.41) is 0. The van der Waals surface area contributed by atoms with Crippen molar-refractivity contribution >= 4 is 0 Å². The summed E-state index contributed by atoms with van der Waals surface area (Å²) in [4.78, 5) is 2.67. The minimum Gasteiger partial charge on any atom is -0.327 e. The molecule has 0 aromatic rings. The normalized spacial score (nSPS) is 35.5. The summed E-state index contributed by atoms with van der Waals surface area (Å²) in [5.74, 6) is 0.763. The molecule has 1 aliphatic heterocycles. The molecule has 2 heteroatoms. The Labute approximate surface area is 107 Å². The predicted molar refractivity (Wildman–Crippen MR) is 74.0 cm³/mol. The third-order valence-corrected chi connectivity index (χ3v) is 4.92. The minimum absolute atomic E-state index is 0.465. The molecule has 100 valence electrons. The molecule has 1 saturated heterocycles. The van der Waals surface area contributed by atoms with Crippen LogP contribution in [0.2, 0.25) is 0 Å². The van der Waals surface area contributed by atoms with Crippen molar-refractivity contribution in [1.29, 1.82) is 0 Å². The predicted octanol–water partition coefficient (Wildman–Crippen LogP) is 3.02. The molecule has 0 radical (unpaired) electrons. The highest BCUT2D eigenvalue weighted by Crippen LogP contribution is 2.31. The lowest BCUT2D eigenvalue weighted by Crippen LogP contribution is -2.43. The molecule has 2 unspecified atom stereocenters. The molecule has 2 nitrogen and oxygen atoms in total. The number of likely N-dealkylation sites (tertiary alicyclic amines) is 1. The molecule has 0 bridgehead atoms. The Morgan fingerprint density at radius 3 is 2.41 bits per heavy atom. The van der Waals surface area contributed by atoms with E-state index in [1.54, 1.807) is 0 Å². The summed E-state index contributed by atoms with van der Waals surface area (Å²) >= 11 is 0. The molecule has 0 aromatic heterocycles. The zero-order valence-electron chi connectivity index (χ0n) is 11.8. The maximum Gasteiger partial charge on any atom is 0.00793 e. The fourth-order valence-electron chi connectivity index (χ4n) is 3.31. The maximum absolute atomic E-state index is 6.32. The third-order valence-electron chi connectivity index (χ3n) is 4.92. The first-order valence-electron chi connectivity index (χ1n) is 7.55. The number of nitrogens with zero attached hydrogens (tertiary/aromatic N) is 1. The molecule has 0 aromatic carbocycles. The molecule has 2 atom stereocenters. The summed E-state index contributed by atoms with van der Waals surface area (Å²) < 4.78 is 0. The van der Waals surface area contributed by atoms with Crippen LogP contribution < -0.4 is 5.73 Å². The van der Waals surface area contributed by atoms with Crippen LogP contribution >= 0.6 is 0 Å². The van der Waals surface area contributed by atoms with Gasteiger partial charge in [-0.1, -0.05) is 33.1 Å². The second-order valence-corrected chi connectivity index (χ2v) is 7.03. The van der Waals surface area contributed by atoms with E-state index in [0.717, 1.165) is 5.92 Å². The van der Waals surface area contributed by atoms with E-state index in [1.807, 2.05) is 0 Å². The molecule has 17 heavy (non-hydrogen) atoms. The summed E-state index contributed by atoms with van der Waals surface area (Å²) in [6.07, 6.45) is 9.48. The van der Waals surface area contributed by atoms with Crippen molar-refractivity contribution in [3.05, 3.63) is 0 Å². The second-order valence-electron chi connectivity index (χ2n) is 7.03. The van der Waals surface area contributed by atoms with Crippen molar-refractivity contribution in [2.24, 2.45) is 17.1 Å². The van der Waals surface area contributed by atoms with E-state index in [1.165, 1.54) is 64.6 Å². The van der Waals surface area contributed by atoms with Gasteiger partial charge in [-0.25, -0.2) is 0 Å². The first-order valence-corrected chi connectivity index (χ1v) is 7.55. The number of nitrogens with two attached hydrogens (primary N) is 1. The number of rotatable bonds is 2. The molecule has 2 aliphatic rings. The van der Waals surface area contributed by atoms with E-state index in [9.17, 15) is 0 Å². The van der Waals surface area contributed by atoms with Crippen molar-refractivity contribution in [2.45, 2.75) is 64.8 Å². The average Bonchev–Trinajstić information content (AvgIpc) is 2.47. The highest BCUT2D eigenvalue weighted by molar-refractivity contribution is 4.83. The van der Waals surface area contributed by atoms with Gasteiger partial charge in [0, 0.05) is 12.6 Å². The first kappa shape index (κ1) is 13.4. The van der Waals surface area contributed by atoms with E-state index in [4.69, 9.17) is 5.73 Å². The van der Waals surface area contributed by atoms with E-state index >= 15 is 0 Å². The van der Waals surface area contributed by atoms with Gasteiger partial charge in [-0.3, -0.25) is 0 Å². The lowest BCUT2D eigenvalue weighted by molar-refractivity contribution is 0.110. The summed E-state index contributed by atoms with van der Waals surface area (Å²) in [5.41, 5.74) is 6.89. The van der Waals surface area contributed by atoms with Crippen LogP contribution in [0.3, 0.4) is 0 Å². The van der Waals surface area contributed by atoms with Gasteiger partial charge in [-0.15, -0.1) is 0 Å². The van der Waals surface area contributed by atoms with Gasteiger partial charge in [0.1, 0.15) is 0 Å². The quantitative estimate of drug-likeness (QED) is 0.749. The highest BCUT2D eigenvalue weighted by atomic mass is 15.1. The van der Waals surface area contributed by atoms with Gasteiger partial charge in [-0.05, 0) is 50.1 Å². The Morgan fingerprint density at radius 2 is 1.71 bits per heavy atom.